The molecule has 0 aromatic heterocycles. The number of carbonyl (C=O) groups is 1. The average Bonchev–Trinajstić information content (AvgIpc) is 2.88. The lowest BCUT2D eigenvalue weighted by atomic mass is 10.1. The van der Waals surface area contributed by atoms with Gasteiger partial charge in [-0.3, -0.25) is 4.79 Å². The van der Waals surface area contributed by atoms with E-state index in [1.165, 1.54) is 0 Å². The first kappa shape index (κ1) is 12.8. The fourth-order valence-electron chi connectivity index (χ4n) is 2.20. The van der Waals surface area contributed by atoms with Crippen LogP contribution in [0.4, 0.5) is 0 Å². The molecule has 2 fully saturated rings. The summed E-state index contributed by atoms with van der Waals surface area (Å²) in [7, 11) is 0. The van der Waals surface area contributed by atoms with Gasteiger partial charge in [0.2, 0.25) is 5.91 Å². The van der Waals surface area contributed by atoms with Gasteiger partial charge in [-0.25, -0.2) is 0 Å². The van der Waals surface area contributed by atoms with Crippen molar-refractivity contribution in [3.05, 3.63) is 0 Å². The van der Waals surface area contributed by atoms with Crippen molar-refractivity contribution in [3.8, 4) is 0 Å². The van der Waals surface area contributed by atoms with E-state index in [9.17, 15) is 4.79 Å². The van der Waals surface area contributed by atoms with Crippen LogP contribution in [-0.4, -0.2) is 63.4 Å². The first-order valence-electron chi connectivity index (χ1n) is 6.50. The molecule has 1 amide bonds. The topological polar surface area (TPSA) is 50.8 Å². The van der Waals surface area contributed by atoms with Crippen LogP contribution in [0.2, 0.25) is 0 Å². The summed E-state index contributed by atoms with van der Waals surface area (Å²) in [5.74, 6) is 0.749. The van der Waals surface area contributed by atoms with Crippen LogP contribution < -0.4 is 5.32 Å². The Hall–Kier alpha value is -0.650. The molecule has 0 bridgehead atoms. The highest BCUT2D eigenvalue weighted by Crippen LogP contribution is 2.12. The molecule has 17 heavy (non-hydrogen) atoms. The summed E-state index contributed by atoms with van der Waals surface area (Å²) in [6.07, 6.45) is 1.60. The molecule has 0 aromatic carbocycles. The number of rotatable bonds is 5. The lowest BCUT2D eigenvalue weighted by Crippen LogP contribution is -2.46. The third kappa shape index (κ3) is 4.26. The quantitative estimate of drug-likeness (QED) is 0.682. The molecule has 5 nitrogen and oxygen atoms in total. The smallest absolute Gasteiger partial charge is 0.224 e. The second-order valence-corrected chi connectivity index (χ2v) is 4.69. The Morgan fingerprint density at radius 3 is 2.94 bits per heavy atom. The third-order valence-electron chi connectivity index (χ3n) is 3.31. The van der Waals surface area contributed by atoms with E-state index in [2.05, 4.69) is 5.32 Å². The molecule has 2 aliphatic heterocycles. The van der Waals surface area contributed by atoms with E-state index in [-0.39, 0.29) is 5.91 Å². The summed E-state index contributed by atoms with van der Waals surface area (Å²) >= 11 is 0. The second-order valence-electron chi connectivity index (χ2n) is 4.69. The molecule has 0 radical (unpaired) electrons. The van der Waals surface area contributed by atoms with Crippen molar-refractivity contribution in [1.82, 2.24) is 10.2 Å². The fourth-order valence-corrected chi connectivity index (χ4v) is 2.20. The van der Waals surface area contributed by atoms with E-state index in [0.717, 1.165) is 52.4 Å². The Labute approximate surface area is 102 Å². The van der Waals surface area contributed by atoms with E-state index in [1.54, 1.807) is 0 Å². The minimum Gasteiger partial charge on any atom is -0.381 e. The predicted octanol–water partition coefficient (Wildman–Crippen LogP) is -0.139. The molecule has 1 N–H and O–H groups in total. The van der Waals surface area contributed by atoms with Crippen LogP contribution in [0.3, 0.4) is 0 Å². The SMILES string of the molecule is O=C(CCOCC1CCOC1)N1CCNCC1. The van der Waals surface area contributed by atoms with Gasteiger partial charge >= 0.3 is 0 Å². The third-order valence-corrected chi connectivity index (χ3v) is 3.31. The van der Waals surface area contributed by atoms with Gasteiger partial charge in [0.05, 0.1) is 26.2 Å². The summed E-state index contributed by atoms with van der Waals surface area (Å²) in [5.41, 5.74) is 0. The Morgan fingerprint density at radius 2 is 2.24 bits per heavy atom. The molecule has 0 aliphatic carbocycles. The van der Waals surface area contributed by atoms with E-state index >= 15 is 0 Å². The van der Waals surface area contributed by atoms with E-state index < -0.39 is 0 Å². The Bertz CT molecular complexity index is 236. The molecule has 0 aromatic rings. The highest BCUT2D eigenvalue weighted by Gasteiger charge is 2.17. The fraction of sp³-hybridized carbons (Fsp3) is 0.917. The van der Waals surface area contributed by atoms with Crippen LogP contribution in [0.15, 0.2) is 0 Å². The number of amides is 1. The van der Waals surface area contributed by atoms with Crippen molar-refractivity contribution >= 4 is 5.91 Å². The van der Waals surface area contributed by atoms with Gasteiger partial charge in [0.15, 0.2) is 0 Å². The van der Waals surface area contributed by atoms with Crippen LogP contribution in [0.25, 0.3) is 0 Å². The first-order chi connectivity index (χ1) is 8.36. The minimum absolute atomic E-state index is 0.217. The van der Waals surface area contributed by atoms with E-state index in [1.807, 2.05) is 4.90 Å². The summed E-state index contributed by atoms with van der Waals surface area (Å²) < 4.78 is 10.8. The zero-order valence-electron chi connectivity index (χ0n) is 10.3. The van der Waals surface area contributed by atoms with E-state index in [0.29, 0.717) is 18.9 Å². The second kappa shape index (κ2) is 6.93. The zero-order chi connectivity index (χ0) is 11.9. The number of carbonyl (C=O) groups excluding carboxylic acids is 1. The predicted molar refractivity (Wildman–Crippen MR) is 63.8 cm³/mol. The zero-order valence-corrected chi connectivity index (χ0v) is 10.3. The summed E-state index contributed by atoms with van der Waals surface area (Å²) in [6, 6.07) is 0. The lowest BCUT2D eigenvalue weighted by Gasteiger charge is -2.27. The average molecular weight is 242 g/mol. The molecule has 1 atom stereocenters. The normalized spacial score (nSPS) is 25.2. The largest absolute Gasteiger partial charge is 0.381 e. The highest BCUT2D eigenvalue weighted by atomic mass is 16.5. The molecular weight excluding hydrogens is 220 g/mol. The molecule has 0 saturated carbocycles. The number of nitrogens with zero attached hydrogens (tertiary/aromatic N) is 1. The Morgan fingerprint density at radius 1 is 1.41 bits per heavy atom. The standard InChI is InChI=1S/C12H22N2O3/c15-12(14-5-3-13-4-6-14)2-8-17-10-11-1-7-16-9-11/h11,13H,1-10H2. The lowest BCUT2D eigenvalue weighted by molar-refractivity contribution is -0.133. The van der Waals surface area contributed by atoms with Crippen molar-refractivity contribution < 1.29 is 14.3 Å². The monoisotopic (exact) mass is 242 g/mol. The summed E-state index contributed by atoms with van der Waals surface area (Å²) in [5, 5.41) is 3.23. The summed E-state index contributed by atoms with van der Waals surface area (Å²) in [4.78, 5) is 13.7. The van der Waals surface area contributed by atoms with Crippen molar-refractivity contribution in [2.75, 3.05) is 52.6 Å². The van der Waals surface area contributed by atoms with Crippen molar-refractivity contribution in [2.45, 2.75) is 12.8 Å². The van der Waals surface area contributed by atoms with Crippen LogP contribution >= 0.6 is 0 Å². The maximum atomic E-state index is 11.8. The molecule has 5 heteroatoms. The van der Waals surface area contributed by atoms with Gasteiger partial charge in [-0.2, -0.15) is 0 Å². The molecular formula is C12H22N2O3. The molecule has 2 heterocycles. The number of piperazine rings is 1. The molecule has 2 saturated heterocycles. The maximum Gasteiger partial charge on any atom is 0.224 e. The Kier molecular flexibility index (Phi) is 5.22. The molecule has 98 valence electrons. The number of hydrogen-bond acceptors (Lipinski definition) is 4. The number of nitrogens with one attached hydrogen (secondary N) is 1. The maximum absolute atomic E-state index is 11.8. The molecule has 2 rings (SSSR count). The van der Waals surface area contributed by atoms with Crippen molar-refractivity contribution in [2.24, 2.45) is 5.92 Å². The van der Waals surface area contributed by atoms with Gasteiger partial charge in [0.25, 0.3) is 0 Å². The van der Waals surface area contributed by atoms with Gasteiger partial charge in [-0.05, 0) is 6.42 Å². The summed E-state index contributed by atoms with van der Waals surface area (Å²) in [6.45, 7) is 6.41. The highest BCUT2D eigenvalue weighted by molar-refractivity contribution is 5.76. The van der Waals surface area contributed by atoms with Gasteiger partial charge < -0.3 is 19.7 Å². The van der Waals surface area contributed by atoms with Crippen LogP contribution in [0.5, 0.6) is 0 Å². The van der Waals surface area contributed by atoms with Gasteiger partial charge in [0.1, 0.15) is 0 Å². The molecule has 1 unspecified atom stereocenters. The van der Waals surface area contributed by atoms with Crippen LogP contribution in [0, 0.1) is 5.92 Å². The van der Waals surface area contributed by atoms with Gasteiger partial charge in [0, 0.05) is 38.7 Å². The van der Waals surface area contributed by atoms with Gasteiger partial charge in [-0.1, -0.05) is 0 Å². The Balaban J connectivity index is 1.53. The van der Waals surface area contributed by atoms with E-state index in [4.69, 9.17) is 9.47 Å². The number of hydrogen-bond donors (Lipinski definition) is 1. The minimum atomic E-state index is 0.217. The van der Waals surface area contributed by atoms with Crippen LogP contribution in [-0.2, 0) is 14.3 Å². The van der Waals surface area contributed by atoms with Crippen molar-refractivity contribution in [3.63, 3.8) is 0 Å². The van der Waals surface area contributed by atoms with Gasteiger partial charge in [-0.15, -0.1) is 0 Å². The van der Waals surface area contributed by atoms with Crippen LogP contribution in [0.1, 0.15) is 12.8 Å². The van der Waals surface area contributed by atoms with Crippen molar-refractivity contribution in [1.29, 1.82) is 0 Å². The first-order valence-corrected chi connectivity index (χ1v) is 6.50. The molecule has 0 spiro atoms. The number of ether oxygens (including phenoxy) is 2. The molecule has 2 aliphatic rings.